The molecular weight excluding hydrogens is 206 g/mol. The third-order valence-corrected chi connectivity index (χ3v) is 2.30. The summed E-state index contributed by atoms with van der Waals surface area (Å²) in [5.74, 6) is -0.190. The lowest BCUT2D eigenvalue weighted by Gasteiger charge is -2.05. The van der Waals surface area contributed by atoms with Crippen LogP contribution in [0.1, 0.15) is 16.1 Å². The first kappa shape index (κ1) is 10.7. The molecule has 0 aliphatic heterocycles. The zero-order valence-electron chi connectivity index (χ0n) is 9.23. The van der Waals surface area contributed by atoms with E-state index in [0.717, 1.165) is 11.1 Å². The van der Waals surface area contributed by atoms with Gasteiger partial charge in [-0.05, 0) is 26.2 Å². The van der Waals surface area contributed by atoms with Gasteiger partial charge in [-0.1, -0.05) is 12.1 Å². The molecule has 0 unspecified atom stereocenters. The highest BCUT2D eigenvalue weighted by atomic mass is 16.4. The van der Waals surface area contributed by atoms with Crippen LogP contribution in [0.4, 0.5) is 0 Å². The Kier molecular flexibility index (Phi) is 2.66. The summed E-state index contributed by atoms with van der Waals surface area (Å²) in [5.41, 5.74) is 0.661. The number of fused-ring (bicyclic) bond motifs is 1. The summed E-state index contributed by atoms with van der Waals surface area (Å²) in [7, 11) is 3.87. The van der Waals surface area contributed by atoms with E-state index in [-0.39, 0.29) is 5.56 Å². The van der Waals surface area contributed by atoms with E-state index in [0.29, 0.717) is 12.1 Å². The first-order chi connectivity index (χ1) is 7.58. The quantitative estimate of drug-likeness (QED) is 0.859. The zero-order valence-corrected chi connectivity index (χ0v) is 9.23. The Labute approximate surface area is 93.1 Å². The van der Waals surface area contributed by atoms with Gasteiger partial charge in [-0.2, -0.15) is 0 Å². The average molecular weight is 219 g/mol. The summed E-state index contributed by atoms with van der Waals surface area (Å²) in [4.78, 5) is 12.9. The Morgan fingerprint density at radius 2 is 2.19 bits per heavy atom. The summed E-state index contributed by atoms with van der Waals surface area (Å²) in [5, 5.41) is 9.83. The predicted octanol–water partition coefficient (Wildman–Crippen LogP) is 2.19. The number of furan rings is 1. The van der Waals surface area contributed by atoms with Crippen LogP contribution < -0.4 is 0 Å². The molecule has 0 aliphatic carbocycles. The number of carbonyl (C=O) groups is 1. The van der Waals surface area contributed by atoms with Gasteiger partial charge in [-0.25, -0.2) is 4.79 Å². The van der Waals surface area contributed by atoms with Gasteiger partial charge >= 0.3 is 5.97 Å². The van der Waals surface area contributed by atoms with Crippen LogP contribution in [-0.4, -0.2) is 30.1 Å². The number of para-hydroxylation sites is 1. The monoisotopic (exact) mass is 219 g/mol. The van der Waals surface area contributed by atoms with Gasteiger partial charge in [-0.15, -0.1) is 0 Å². The van der Waals surface area contributed by atoms with Gasteiger partial charge in [0.05, 0.1) is 6.54 Å². The molecule has 2 aromatic rings. The van der Waals surface area contributed by atoms with Gasteiger partial charge < -0.3 is 14.4 Å². The second kappa shape index (κ2) is 3.98. The largest absolute Gasteiger partial charge is 0.478 e. The number of benzene rings is 1. The maximum absolute atomic E-state index is 11.0. The molecule has 0 atom stereocenters. The van der Waals surface area contributed by atoms with E-state index in [4.69, 9.17) is 9.52 Å². The zero-order chi connectivity index (χ0) is 11.7. The van der Waals surface area contributed by atoms with Crippen LogP contribution in [0.15, 0.2) is 28.7 Å². The Balaban J connectivity index is 2.52. The number of carboxylic acids is 1. The normalized spacial score (nSPS) is 11.2. The molecule has 1 aromatic heterocycles. The fraction of sp³-hybridized carbons (Fsp3) is 0.250. The van der Waals surface area contributed by atoms with Crippen LogP contribution in [0, 0.1) is 0 Å². The van der Waals surface area contributed by atoms with Gasteiger partial charge in [0.25, 0.3) is 0 Å². The van der Waals surface area contributed by atoms with Crippen LogP contribution >= 0.6 is 0 Å². The molecule has 2 rings (SSSR count). The highest BCUT2D eigenvalue weighted by Gasteiger charge is 2.13. The van der Waals surface area contributed by atoms with Gasteiger partial charge in [0.15, 0.2) is 0 Å². The number of hydrogen-bond acceptors (Lipinski definition) is 3. The van der Waals surface area contributed by atoms with Crippen LogP contribution in [-0.2, 0) is 6.54 Å². The minimum atomic E-state index is -0.962. The standard InChI is InChI=1S/C12H13NO3/c1-13(2)7-9-6-8-4-3-5-10(12(14)15)11(8)16-9/h3-6H,7H2,1-2H3,(H,14,15). The third kappa shape index (κ3) is 1.92. The summed E-state index contributed by atoms with van der Waals surface area (Å²) >= 11 is 0. The van der Waals surface area contributed by atoms with E-state index in [1.807, 2.05) is 31.1 Å². The van der Waals surface area contributed by atoms with Crippen molar-refractivity contribution >= 4 is 16.9 Å². The Hall–Kier alpha value is -1.81. The lowest BCUT2D eigenvalue weighted by molar-refractivity contribution is 0.0698. The Bertz CT molecular complexity index is 528. The number of carboxylic acid groups (broad SMARTS) is 1. The van der Waals surface area contributed by atoms with Crippen molar-refractivity contribution < 1.29 is 14.3 Å². The third-order valence-electron chi connectivity index (χ3n) is 2.30. The smallest absolute Gasteiger partial charge is 0.339 e. The van der Waals surface area contributed by atoms with E-state index in [1.165, 1.54) is 0 Å². The molecule has 0 saturated carbocycles. The molecule has 0 saturated heterocycles. The highest BCUT2D eigenvalue weighted by molar-refractivity contribution is 6.01. The van der Waals surface area contributed by atoms with Crippen LogP contribution in [0.3, 0.4) is 0 Å². The van der Waals surface area contributed by atoms with Crippen molar-refractivity contribution in [3.05, 3.63) is 35.6 Å². The maximum Gasteiger partial charge on any atom is 0.339 e. The molecule has 0 radical (unpaired) electrons. The predicted molar refractivity (Wildman–Crippen MR) is 60.6 cm³/mol. The molecule has 0 bridgehead atoms. The second-order valence-corrected chi connectivity index (χ2v) is 3.98. The van der Waals surface area contributed by atoms with Crippen LogP contribution in [0.5, 0.6) is 0 Å². The molecule has 1 aromatic carbocycles. The summed E-state index contributed by atoms with van der Waals surface area (Å²) in [6, 6.07) is 7.00. The molecular formula is C12H13NO3. The fourth-order valence-electron chi connectivity index (χ4n) is 1.67. The maximum atomic E-state index is 11.0. The van der Waals surface area contributed by atoms with Crippen molar-refractivity contribution in [2.24, 2.45) is 0 Å². The van der Waals surface area contributed by atoms with Gasteiger partial charge in [0.1, 0.15) is 16.9 Å². The van der Waals surface area contributed by atoms with E-state index in [2.05, 4.69) is 0 Å². The van der Waals surface area contributed by atoms with Crippen molar-refractivity contribution in [1.82, 2.24) is 4.90 Å². The molecule has 16 heavy (non-hydrogen) atoms. The van der Waals surface area contributed by atoms with Gasteiger partial charge in [0, 0.05) is 5.39 Å². The molecule has 4 heteroatoms. The van der Waals surface area contributed by atoms with Crippen molar-refractivity contribution in [2.45, 2.75) is 6.54 Å². The molecule has 1 N–H and O–H groups in total. The summed E-state index contributed by atoms with van der Waals surface area (Å²) in [6.07, 6.45) is 0. The van der Waals surface area contributed by atoms with Gasteiger partial charge in [0.2, 0.25) is 0 Å². The van der Waals surface area contributed by atoms with E-state index < -0.39 is 5.97 Å². The van der Waals surface area contributed by atoms with E-state index in [9.17, 15) is 4.79 Å². The molecule has 84 valence electrons. The fourth-order valence-corrected chi connectivity index (χ4v) is 1.67. The average Bonchev–Trinajstić information content (AvgIpc) is 2.57. The van der Waals surface area contributed by atoms with E-state index >= 15 is 0 Å². The molecule has 0 amide bonds. The van der Waals surface area contributed by atoms with Crippen molar-refractivity contribution in [3.63, 3.8) is 0 Å². The minimum Gasteiger partial charge on any atom is -0.478 e. The van der Waals surface area contributed by atoms with Crippen LogP contribution in [0.25, 0.3) is 11.0 Å². The minimum absolute atomic E-state index is 0.211. The van der Waals surface area contributed by atoms with E-state index in [1.54, 1.807) is 12.1 Å². The lowest BCUT2D eigenvalue weighted by Crippen LogP contribution is -2.09. The van der Waals surface area contributed by atoms with Crippen LogP contribution in [0.2, 0.25) is 0 Å². The first-order valence-electron chi connectivity index (χ1n) is 4.97. The summed E-state index contributed by atoms with van der Waals surface area (Å²) < 4.78 is 5.55. The first-order valence-corrected chi connectivity index (χ1v) is 4.97. The molecule has 0 aliphatic rings. The molecule has 0 fully saturated rings. The lowest BCUT2D eigenvalue weighted by atomic mass is 10.1. The molecule has 4 nitrogen and oxygen atoms in total. The van der Waals surface area contributed by atoms with Crippen molar-refractivity contribution in [3.8, 4) is 0 Å². The van der Waals surface area contributed by atoms with Crippen molar-refractivity contribution in [2.75, 3.05) is 14.1 Å². The highest BCUT2D eigenvalue weighted by Crippen LogP contribution is 2.23. The van der Waals surface area contributed by atoms with Gasteiger partial charge in [-0.3, -0.25) is 0 Å². The number of aromatic carboxylic acids is 1. The topological polar surface area (TPSA) is 53.7 Å². The number of nitrogens with zero attached hydrogens (tertiary/aromatic N) is 1. The molecule has 1 heterocycles. The SMILES string of the molecule is CN(C)Cc1cc2cccc(C(=O)O)c2o1. The number of hydrogen-bond donors (Lipinski definition) is 1. The Morgan fingerprint density at radius 1 is 1.44 bits per heavy atom. The number of rotatable bonds is 3. The Morgan fingerprint density at radius 3 is 2.81 bits per heavy atom. The summed E-state index contributed by atoms with van der Waals surface area (Å²) in [6.45, 7) is 0.660. The van der Waals surface area contributed by atoms with Crippen molar-refractivity contribution in [1.29, 1.82) is 0 Å². The second-order valence-electron chi connectivity index (χ2n) is 3.98. The molecule has 0 spiro atoms.